The fourth-order valence-electron chi connectivity index (χ4n) is 2.25. The molecule has 0 unspecified atom stereocenters. The molecule has 2 atom stereocenters. The number of nitrogens with zero attached hydrogens (tertiary/aromatic N) is 3. The van der Waals surface area contributed by atoms with Crippen molar-refractivity contribution >= 4 is 11.9 Å². The number of carboxylic acid groups (broad SMARTS) is 1. The second kappa shape index (κ2) is 5.21. The van der Waals surface area contributed by atoms with Gasteiger partial charge in [0.05, 0.1) is 5.92 Å². The lowest BCUT2D eigenvalue weighted by atomic mass is 9.99. The SMILES string of the molecule is C[C@@H]1CN(C(=O)Cn2cccnc2=O)C[C@H]1C(=O)O. The van der Waals surface area contributed by atoms with E-state index in [9.17, 15) is 14.4 Å². The molecule has 7 nitrogen and oxygen atoms in total. The predicted molar refractivity (Wildman–Crippen MR) is 65.4 cm³/mol. The number of hydrogen-bond acceptors (Lipinski definition) is 4. The largest absolute Gasteiger partial charge is 0.481 e. The van der Waals surface area contributed by atoms with Gasteiger partial charge in [0.15, 0.2) is 0 Å². The summed E-state index contributed by atoms with van der Waals surface area (Å²) in [5.74, 6) is -1.76. The van der Waals surface area contributed by atoms with Gasteiger partial charge in [-0.2, -0.15) is 0 Å². The third-order valence-electron chi connectivity index (χ3n) is 3.37. The molecule has 0 radical (unpaired) electrons. The van der Waals surface area contributed by atoms with Gasteiger partial charge in [-0.1, -0.05) is 6.92 Å². The Morgan fingerprint density at radius 1 is 1.47 bits per heavy atom. The topological polar surface area (TPSA) is 92.5 Å². The molecule has 102 valence electrons. The van der Waals surface area contributed by atoms with Gasteiger partial charge < -0.3 is 10.0 Å². The second-order valence-electron chi connectivity index (χ2n) is 4.75. The van der Waals surface area contributed by atoms with Crippen LogP contribution in [-0.4, -0.2) is 44.5 Å². The monoisotopic (exact) mass is 265 g/mol. The highest BCUT2D eigenvalue weighted by atomic mass is 16.4. The minimum Gasteiger partial charge on any atom is -0.481 e. The molecule has 0 bridgehead atoms. The minimum absolute atomic E-state index is 0.0768. The predicted octanol–water partition coefficient (Wildman–Crippen LogP) is -0.578. The van der Waals surface area contributed by atoms with Crippen LogP contribution in [0.2, 0.25) is 0 Å². The van der Waals surface area contributed by atoms with Crippen molar-refractivity contribution in [3.63, 3.8) is 0 Å². The van der Waals surface area contributed by atoms with Gasteiger partial charge in [0.2, 0.25) is 5.91 Å². The van der Waals surface area contributed by atoms with Crippen LogP contribution < -0.4 is 5.69 Å². The fourth-order valence-corrected chi connectivity index (χ4v) is 2.25. The summed E-state index contributed by atoms with van der Waals surface area (Å²) in [6, 6.07) is 1.57. The second-order valence-corrected chi connectivity index (χ2v) is 4.75. The van der Waals surface area contributed by atoms with Crippen LogP contribution in [0, 0.1) is 11.8 Å². The normalized spacial score (nSPS) is 22.5. The summed E-state index contributed by atoms with van der Waals surface area (Å²) in [6.07, 6.45) is 2.85. The lowest BCUT2D eigenvalue weighted by Gasteiger charge is -2.16. The van der Waals surface area contributed by atoms with Crippen molar-refractivity contribution in [1.82, 2.24) is 14.5 Å². The van der Waals surface area contributed by atoms with Crippen molar-refractivity contribution < 1.29 is 14.7 Å². The first-order valence-corrected chi connectivity index (χ1v) is 6.01. The number of hydrogen-bond donors (Lipinski definition) is 1. The van der Waals surface area contributed by atoms with E-state index < -0.39 is 17.6 Å². The number of aromatic nitrogens is 2. The first kappa shape index (κ1) is 13.3. The van der Waals surface area contributed by atoms with Crippen molar-refractivity contribution in [3.05, 3.63) is 28.9 Å². The average molecular weight is 265 g/mol. The zero-order valence-electron chi connectivity index (χ0n) is 10.5. The van der Waals surface area contributed by atoms with Crippen LogP contribution in [0.15, 0.2) is 23.3 Å². The van der Waals surface area contributed by atoms with Crippen LogP contribution in [-0.2, 0) is 16.1 Å². The maximum atomic E-state index is 12.0. The summed E-state index contributed by atoms with van der Waals surface area (Å²) in [4.78, 5) is 39.5. The molecule has 0 spiro atoms. The first-order chi connectivity index (χ1) is 8.99. The van der Waals surface area contributed by atoms with Crippen LogP contribution in [0.25, 0.3) is 0 Å². The highest BCUT2D eigenvalue weighted by Gasteiger charge is 2.36. The van der Waals surface area contributed by atoms with E-state index in [2.05, 4.69) is 4.98 Å². The summed E-state index contributed by atoms with van der Waals surface area (Å²) in [5.41, 5.74) is -0.488. The number of rotatable bonds is 3. The molecule has 1 aliphatic rings. The molecule has 19 heavy (non-hydrogen) atoms. The van der Waals surface area contributed by atoms with Gasteiger partial charge in [-0.3, -0.25) is 14.2 Å². The third kappa shape index (κ3) is 2.81. The maximum absolute atomic E-state index is 12.0. The van der Waals surface area contributed by atoms with Crippen molar-refractivity contribution in [1.29, 1.82) is 0 Å². The Morgan fingerprint density at radius 2 is 2.21 bits per heavy atom. The van der Waals surface area contributed by atoms with Gasteiger partial charge in [0.25, 0.3) is 0 Å². The number of likely N-dealkylation sites (tertiary alicyclic amines) is 1. The van der Waals surface area contributed by atoms with Crippen LogP contribution in [0.5, 0.6) is 0 Å². The zero-order chi connectivity index (χ0) is 14.0. The molecule has 1 aromatic rings. The third-order valence-corrected chi connectivity index (χ3v) is 3.37. The molecular formula is C12H15N3O4. The van der Waals surface area contributed by atoms with Gasteiger partial charge in [0.1, 0.15) is 6.54 Å². The summed E-state index contributed by atoms with van der Waals surface area (Å²) in [6.45, 7) is 2.31. The van der Waals surface area contributed by atoms with Gasteiger partial charge >= 0.3 is 11.7 Å². The number of amides is 1. The van der Waals surface area contributed by atoms with Crippen molar-refractivity contribution in [3.8, 4) is 0 Å². The smallest absolute Gasteiger partial charge is 0.347 e. The first-order valence-electron chi connectivity index (χ1n) is 6.01. The molecule has 0 aromatic carbocycles. The molecule has 2 heterocycles. The molecule has 1 amide bonds. The molecule has 0 saturated carbocycles. The van der Waals surface area contributed by atoms with Crippen LogP contribution in [0.4, 0.5) is 0 Å². The molecule has 2 rings (SSSR count). The van der Waals surface area contributed by atoms with E-state index in [0.717, 1.165) is 0 Å². The molecule has 1 saturated heterocycles. The van der Waals surface area contributed by atoms with Gasteiger partial charge in [-0.05, 0) is 12.0 Å². The highest BCUT2D eigenvalue weighted by Crippen LogP contribution is 2.23. The molecule has 7 heteroatoms. The molecule has 1 aromatic heterocycles. The maximum Gasteiger partial charge on any atom is 0.347 e. The van der Waals surface area contributed by atoms with E-state index in [1.807, 2.05) is 6.92 Å². The summed E-state index contributed by atoms with van der Waals surface area (Å²) >= 11 is 0. The summed E-state index contributed by atoms with van der Waals surface area (Å²) < 4.78 is 1.21. The Kier molecular flexibility index (Phi) is 3.64. The zero-order valence-corrected chi connectivity index (χ0v) is 10.5. The summed E-state index contributed by atoms with van der Waals surface area (Å²) in [7, 11) is 0. The van der Waals surface area contributed by atoms with Crippen molar-refractivity contribution in [2.75, 3.05) is 13.1 Å². The molecule has 0 aliphatic carbocycles. The van der Waals surface area contributed by atoms with Crippen LogP contribution >= 0.6 is 0 Å². The van der Waals surface area contributed by atoms with Gasteiger partial charge in [-0.15, -0.1) is 0 Å². The van der Waals surface area contributed by atoms with E-state index in [4.69, 9.17) is 5.11 Å². The number of aliphatic carboxylic acids is 1. The number of carbonyl (C=O) groups excluding carboxylic acids is 1. The van der Waals surface area contributed by atoms with E-state index in [0.29, 0.717) is 6.54 Å². The van der Waals surface area contributed by atoms with E-state index in [1.165, 1.54) is 21.9 Å². The lowest BCUT2D eigenvalue weighted by Crippen LogP contribution is -2.36. The number of carboxylic acids is 1. The number of carbonyl (C=O) groups is 2. The van der Waals surface area contributed by atoms with Crippen molar-refractivity contribution in [2.45, 2.75) is 13.5 Å². The van der Waals surface area contributed by atoms with Gasteiger partial charge in [0, 0.05) is 25.5 Å². The Labute approximate surface area is 109 Å². The molecular weight excluding hydrogens is 250 g/mol. The molecule has 1 aliphatic heterocycles. The standard InChI is InChI=1S/C12H15N3O4/c1-8-5-15(6-9(8)11(17)18)10(16)7-14-4-2-3-13-12(14)19/h2-4,8-9H,5-7H2,1H3,(H,17,18)/t8-,9-/m1/s1. The van der Waals surface area contributed by atoms with Gasteiger partial charge in [-0.25, -0.2) is 9.78 Å². The quantitative estimate of drug-likeness (QED) is 0.789. The molecule has 1 N–H and O–H groups in total. The average Bonchev–Trinajstić information content (AvgIpc) is 2.74. The lowest BCUT2D eigenvalue weighted by molar-refractivity contribution is -0.142. The Balaban J connectivity index is 2.04. The highest BCUT2D eigenvalue weighted by molar-refractivity contribution is 5.78. The van der Waals surface area contributed by atoms with Crippen LogP contribution in [0.3, 0.4) is 0 Å². The summed E-state index contributed by atoms with van der Waals surface area (Å²) in [5, 5.41) is 9.01. The van der Waals surface area contributed by atoms with Crippen LogP contribution in [0.1, 0.15) is 6.92 Å². The Morgan fingerprint density at radius 3 is 2.79 bits per heavy atom. The Bertz CT molecular complexity index is 554. The van der Waals surface area contributed by atoms with E-state index in [-0.39, 0.29) is 24.9 Å². The molecule has 1 fully saturated rings. The minimum atomic E-state index is -0.888. The van der Waals surface area contributed by atoms with E-state index in [1.54, 1.807) is 6.07 Å². The Hall–Kier alpha value is -2.18. The van der Waals surface area contributed by atoms with Crippen molar-refractivity contribution in [2.24, 2.45) is 11.8 Å². The fraction of sp³-hybridized carbons (Fsp3) is 0.500. The van der Waals surface area contributed by atoms with E-state index >= 15 is 0 Å².